The molecular formula is C10H22N2O4. The molecule has 0 saturated heterocycles. The Bertz CT molecular complexity index is 219. The van der Waals surface area contributed by atoms with Crippen LogP contribution in [0.1, 0.15) is 6.92 Å². The molecule has 2 unspecified atom stereocenters. The average molecular weight is 234 g/mol. The van der Waals surface area contributed by atoms with Crippen LogP contribution in [0.2, 0.25) is 0 Å². The maximum Gasteiger partial charge on any atom is 0.323 e. The van der Waals surface area contributed by atoms with Crippen molar-refractivity contribution in [2.24, 2.45) is 0 Å². The van der Waals surface area contributed by atoms with Crippen LogP contribution in [0, 0.1) is 0 Å². The van der Waals surface area contributed by atoms with Crippen LogP contribution in [0.5, 0.6) is 0 Å². The van der Waals surface area contributed by atoms with Gasteiger partial charge >= 0.3 is 5.97 Å². The molecule has 0 aromatic heterocycles. The summed E-state index contributed by atoms with van der Waals surface area (Å²) in [5.74, 6) is -0.984. The minimum absolute atomic E-state index is 0.0768. The van der Waals surface area contributed by atoms with Gasteiger partial charge in [-0.2, -0.15) is 0 Å². The normalized spacial score (nSPS) is 17.1. The number of nitrogens with one attached hydrogen (secondary N) is 1. The van der Waals surface area contributed by atoms with Gasteiger partial charge < -0.3 is 19.8 Å². The summed E-state index contributed by atoms with van der Waals surface area (Å²) in [6, 6.07) is -0.793. The second kappa shape index (κ2) is 6.80. The van der Waals surface area contributed by atoms with Crippen molar-refractivity contribution < 1.29 is 19.7 Å². The van der Waals surface area contributed by atoms with Crippen molar-refractivity contribution in [2.75, 3.05) is 40.9 Å². The highest BCUT2D eigenvalue weighted by molar-refractivity contribution is 5.73. The van der Waals surface area contributed by atoms with E-state index in [9.17, 15) is 9.90 Å². The second-order valence-electron chi connectivity index (χ2n) is 4.46. The Morgan fingerprint density at radius 2 is 2.12 bits per heavy atom. The van der Waals surface area contributed by atoms with Crippen LogP contribution in [0.25, 0.3) is 0 Å². The minimum Gasteiger partial charge on any atom is -0.480 e. The predicted octanol–water partition coefficient (Wildman–Crippen LogP) is -1.01. The van der Waals surface area contributed by atoms with E-state index in [0.29, 0.717) is 6.54 Å². The molecule has 0 aromatic rings. The fourth-order valence-corrected chi connectivity index (χ4v) is 1.46. The van der Waals surface area contributed by atoms with Crippen LogP contribution in [-0.2, 0) is 9.53 Å². The zero-order chi connectivity index (χ0) is 12.8. The van der Waals surface area contributed by atoms with Crippen molar-refractivity contribution in [3.05, 3.63) is 0 Å². The Morgan fingerprint density at radius 1 is 1.56 bits per heavy atom. The van der Waals surface area contributed by atoms with Crippen molar-refractivity contribution >= 4 is 5.97 Å². The molecule has 0 fully saturated rings. The first-order chi connectivity index (χ1) is 7.28. The van der Waals surface area contributed by atoms with E-state index in [-0.39, 0.29) is 13.2 Å². The molecule has 0 aromatic carbocycles. The smallest absolute Gasteiger partial charge is 0.323 e. The third-order valence-electron chi connectivity index (χ3n) is 2.02. The van der Waals surface area contributed by atoms with Crippen LogP contribution in [0.3, 0.4) is 0 Å². The van der Waals surface area contributed by atoms with Crippen LogP contribution in [-0.4, -0.2) is 73.6 Å². The van der Waals surface area contributed by atoms with Crippen molar-refractivity contribution in [1.29, 1.82) is 0 Å². The van der Waals surface area contributed by atoms with Gasteiger partial charge in [-0.05, 0) is 21.0 Å². The van der Waals surface area contributed by atoms with Crippen LogP contribution >= 0.6 is 0 Å². The summed E-state index contributed by atoms with van der Waals surface area (Å²) in [4.78, 5) is 12.6. The average Bonchev–Trinajstić information content (AvgIpc) is 2.09. The summed E-state index contributed by atoms with van der Waals surface area (Å²) in [6.07, 6.45) is 0. The lowest BCUT2D eigenvalue weighted by Crippen LogP contribution is -2.51. The number of rotatable bonds is 8. The first-order valence-electron chi connectivity index (χ1n) is 5.11. The third kappa shape index (κ3) is 6.73. The van der Waals surface area contributed by atoms with Gasteiger partial charge in [-0.25, -0.2) is 0 Å². The maximum atomic E-state index is 10.8. The summed E-state index contributed by atoms with van der Waals surface area (Å²) in [5.41, 5.74) is -0.967. The Morgan fingerprint density at radius 3 is 2.50 bits per heavy atom. The molecule has 0 rings (SSSR count). The molecule has 0 radical (unpaired) electrons. The van der Waals surface area contributed by atoms with E-state index in [4.69, 9.17) is 9.84 Å². The Kier molecular flexibility index (Phi) is 6.51. The minimum atomic E-state index is -0.984. The predicted molar refractivity (Wildman–Crippen MR) is 60.5 cm³/mol. The Labute approximate surface area is 96.2 Å². The van der Waals surface area contributed by atoms with Gasteiger partial charge in [0.15, 0.2) is 0 Å². The standard InChI is InChI=1S/C10H22N2O4/c1-10(15,7-12(2)3)6-11-8(5-16-4)9(13)14/h8,11,15H,5-7H2,1-4H3,(H,13,14). The number of carbonyl (C=O) groups is 1. The molecular weight excluding hydrogens is 212 g/mol. The van der Waals surface area contributed by atoms with Crippen molar-refractivity contribution in [3.63, 3.8) is 0 Å². The van der Waals surface area contributed by atoms with Gasteiger partial charge in [-0.3, -0.25) is 10.1 Å². The molecule has 2 atom stereocenters. The molecule has 0 amide bonds. The molecule has 6 heteroatoms. The zero-order valence-electron chi connectivity index (χ0n) is 10.4. The number of hydrogen-bond donors (Lipinski definition) is 3. The topological polar surface area (TPSA) is 82.0 Å². The molecule has 0 aliphatic rings. The summed E-state index contributed by atoms with van der Waals surface area (Å²) >= 11 is 0. The largest absolute Gasteiger partial charge is 0.480 e. The molecule has 0 spiro atoms. The van der Waals surface area contributed by atoms with Crippen LogP contribution < -0.4 is 5.32 Å². The number of nitrogens with zero attached hydrogens (tertiary/aromatic N) is 1. The van der Waals surface area contributed by atoms with Crippen molar-refractivity contribution in [1.82, 2.24) is 10.2 Å². The van der Waals surface area contributed by atoms with E-state index in [1.165, 1.54) is 7.11 Å². The van der Waals surface area contributed by atoms with Gasteiger partial charge in [0.05, 0.1) is 12.2 Å². The number of likely N-dealkylation sites (N-methyl/N-ethyl adjacent to an activating group) is 1. The number of carboxylic acids is 1. The highest BCUT2D eigenvalue weighted by Crippen LogP contribution is 2.03. The van der Waals surface area contributed by atoms with E-state index in [1.807, 2.05) is 19.0 Å². The quantitative estimate of drug-likeness (QED) is 0.499. The van der Waals surface area contributed by atoms with E-state index in [0.717, 1.165) is 0 Å². The van der Waals surface area contributed by atoms with Gasteiger partial charge in [0.25, 0.3) is 0 Å². The second-order valence-corrected chi connectivity index (χ2v) is 4.46. The number of aliphatic carboxylic acids is 1. The molecule has 0 heterocycles. The van der Waals surface area contributed by atoms with Gasteiger partial charge in [-0.1, -0.05) is 0 Å². The molecule has 0 aliphatic heterocycles. The number of carboxylic acid groups (broad SMARTS) is 1. The van der Waals surface area contributed by atoms with E-state index >= 15 is 0 Å². The first-order valence-corrected chi connectivity index (χ1v) is 5.11. The molecule has 3 N–H and O–H groups in total. The van der Waals surface area contributed by atoms with E-state index in [1.54, 1.807) is 6.92 Å². The maximum absolute atomic E-state index is 10.8. The number of ether oxygens (including phenoxy) is 1. The van der Waals surface area contributed by atoms with Gasteiger partial charge in [0, 0.05) is 20.2 Å². The molecule has 0 bridgehead atoms. The molecule has 0 aliphatic carbocycles. The highest BCUT2D eigenvalue weighted by Gasteiger charge is 2.25. The number of methoxy groups -OCH3 is 1. The van der Waals surface area contributed by atoms with Gasteiger partial charge in [0.1, 0.15) is 6.04 Å². The Balaban J connectivity index is 4.13. The van der Waals surface area contributed by atoms with Crippen molar-refractivity contribution in [2.45, 2.75) is 18.6 Å². The highest BCUT2D eigenvalue weighted by atomic mass is 16.5. The lowest BCUT2D eigenvalue weighted by Gasteiger charge is -2.28. The molecule has 16 heavy (non-hydrogen) atoms. The SMILES string of the molecule is COCC(NCC(C)(O)CN(C)C)C(=O)O. The number of hydrogen-bond acceptors (Lipinski definition) is 5. The van der Waals surface area contributed by atoms with Crippen molar-refractivity contribution in [3.8, 4) is 0 Å². The molecule has 96 valence electrons. The Hall–Kier alpha value is -0.690. The fourth-order valence-electron chi connectivity index (χ4n) is 1.46. The summed E-state index contributed by atoms with van der Waals surface area (Å²) in [5, 5.41) is 21.6. The third-order valence-corrected chi connectivity index (χ3v) is 2.02. The monoisotopic (exact) mass is 234 g/mol. The lowest BCUT2D eigenvalue weighted by molar-refractivity contribution is -0.141. The lowest BCUT2D eigenvalue weighted by atomic mass is 10.1. The zero-order valence-corrected chi connectivity index (χ0v) is 10.4. The first kappa shape index (κ1) is 15.3. The summed E-state index contributed by atoms with van der Waals surface area (Å²) in [6.45, 7) is 2.39. The van der Waals surface area contributed by atoms with Crippen LogP contribution in [0.15, 0.2) is 0 Å². The van der Waals surface area contributed by atoms with Gasteiger partial charge in [-0.15, -0.1) is 0 Å². The summed E-state index contributed by atoms with van der Waals surface area (Å²) in [7, 11) is 5.13. The molecule has 6 nitrogen and oxygen atoms in total. The molecule has 0 saturated carbocycles. The van der Waals surface area contributed by atoms with E-state index < -0.39 is 17.6 Å². The fraction of sp³-hybridized carbons (Fsp3) is 0.900. The summed E-state index contributed by atoms with van der Waals surface area (Å²) < 4.78 is 4.78. The van der Waals surface area contributed by atoms with Gasteiger partial charge in [0.2, 0.25) is 0 Å². The van der Waals surface area contributed by atoms with Crippen LogP contribution in [0.4, 0.5) is 0 Å². The van der Waals surface area contributed by atoms with E-state index in [2.05, 4.69) is 5.32 Å². The number of aliphatic hydroxyl groups is 1.